The highest BCUT2D eigenvalue weighted by Gasteiger charge is 2.41. The van der Waals surface area contributed by atoms with Gasteiger partial charge in [-0.1, -0.05) is 29.8 Å². The van der Waals surface area contributed by atoms with Gasteiger partial charge in [0.15, 0.2) is 0 Å². The van der Waals surface area contributed by atoms with Crippen molar-refractivity contribution in [2.75, 3.05) is 0 Å². The molecule has 3 aliphatic rings. The van der Waals surface area contributed by atoms with Gasteiger partial charge in [-0.05, 0) is 70.7 Å². The number of rotatable bonds is 2. The third kappa shape index (κ3) is 2.45. The lowest BCUT2D eigenvalue weighted by atomic mass is 9.71. The molecule has 0 radical (unpaired) electrons. The standard InChI is InChI=1S/C20H15ClFIN2/c21-16-4-2-1-3-11(16)9-25-10-24-19-15-8-18(23)17(22)7-14(15)12-5-13(6-12)20(19)25/h1-4,7-8,10,12-13H,5-6,9H2. The molecule has 2 nitrogen and oxygen atoms in total. The van der Waals surface area contributed by atoms with Crippen LogP contribution in [0.5, 0.6) is 0 Å². The summed E-state index contributed by atoms with van der Waals surface area (Å²) in [5.41, 5.74) is 5.61. The first-order valence-corrected chi connectivity index (χ1v) is 9.85. The Labute approximate surface area is 164 Å². The van der Waals surface area contributed by atoms with E-state index in [-0.39, 0.29) is 5.82 Å². The van der Waals surface area contributed by atoms with E-state index in [9.17, 15) is 4.39 Å². The molecule has 0 atom stereocenters. The molecule has 2 bridgehead atoms. The first-order chi connectivity index (χ1) is 12.1. The Kier molecular flexibility index (Phi) is 3.68. The van der Waals surface area contributed by atoms with E-state index in [0.29, 0.717) is 15.4 Å². The predicted octanol–water partition coefficient (Wildman–Crippen LogP) is 5.97. The molecule has 3 aromatic rings. The zero-order chi connectivity index (χ0) is 17.1. The molecule has 1 saturated carbocycles. The third-order valence-corrected chi connectivity index (χ3v) is 6.68. The summed E-state index contributed by atoms with van der Waals surface area (Å²) in [4.78, 5) is 4.73. The van der Waals surface area contributed by atoms with Gasteiger partial charge in [-0.15, -0.1) is 0 Å². The van der Waals surface area contributed by atoms with Crippen LogP contribution >= 0.6 is 34.2 Å². The Bertz CT molecular complexity index is 991. The molecule has 0 N–H and O–H groups in total. The fraction of sp³-hybridized carbons (Fsp3) is 0.250. The SMILES string of the molecule is Fc1cc2c(cc1I)-c1ncn(Cc3ccccc3Cl)c1C1CC2C1. The molecular weight excluding hydrogens is 450 g/mol. The molecule has 0 unspecified atom stereocenters. The van der Waals surface area contributed by atoms with Crippen molar-refractivity contribution in [2.45, 2.75) is 31.2 Å². The number of halogens is 3. The number of imidazole rings is 1. The van der Waals surface area contributed by atoms with Crippen molar-refractivity contribution in [3.63, 3.8) is 0 Å². The zero-order valence-corrected chi connectivity index (χ0v) is 16.3. The van der Waals surface area contributed by atoms with Crippen molar-refractivity contribution in [1.82, 2.24) is 9.55 Å². The highest BCUT2D eigenvalue weighted by Crippen LogP contribution is 2.55. The second-order valence-electron chi connectivity index (χ2n) is 6.92. The molecule has 0 saturated heterocycles. The molecule has 126 valence electrons. The zero-order valence-electron chi connectivity index (χ0n) is 13.3. The Balaban J connectivity index is 1.65. The van der Waals surface area contributed by atoms with Crippen LogP contribution in [0.4, 0.5) is 4.39 Å². The molecular formula is C20H15ClFIN2. The highest BCUT2D eigenvalue weighted by molar-refractivity contribution is 14.1. The molecule has 3 aliphatic carbocycles. The van der Waals surface area contributed by atoms with E-state index in [1.165, 1.54) is 5.69 Å². The van der Waals surface area contributed by atoms with Gasteiger partial charge in [-0.25, -0.2) is 9.37 Å². The number of aromatic nitrogens is 2. The summed E-state index contributed by atoms with van der Waals surface area (Å²) in [7, 11) is 0. The van der Waals surface area contributed by atoms with Gasteiger partial charge < -0.3 is 4.57 Å². The van der Waals surface area contributed by atoms with Crippen LogP contribution in [-0.4, -0.2) is 9.55 Å². The lowest BCUT2D eigenvalue weighted by molar-refractivity contribution is 0.342. The minimum atomic E-state index is -0.123. The molecule has 1 heterocycles. The van der Waals surface area contributed by atoms with E-state index in [1.54, 1.807) is 6.07 Å². The van der Waals surface area contributed by atoms with Crippen molar-refractivity contribution >= 4 is 34.2 Å². The van der Waals surface area contributed by atoms with Crippen molar-refractivity contribution in [3.8, 4) is 11.3 Å². The van der Waals surface area contributed by atoms with E-state index in [2.05, 4.69) is 33.2 Å². The van der Waals surface area contributed by atoms with Gasteiger partial charge in [-0.3, -0.25) is 0 Å². The summed E-state index contributed by atoms with van der Waals surface area (Å²) < 4.78 is 17.0. The molecule has 25 heavy (non-hydrogen) atoms. The van der Waals surface area contributed by atoms with Crippen LogP contribution in [0.25, 0.3) is 11.3 Å². The van der Waals surface area contributed by atoms with Gasteiger partial charge in [-0.2, -0.15) is 0 Å². The average Bonchev–Trinajstić information content (AvgIpc) is 2.84. The molecule has 0 aliphatic heterocycles. The van der Waals surface area contributed by atoms with Gasteiger partial charge in [0.05, 0.1) is 18.6 Å². The van der Waals surface area contributed by atoms with Crippen molar-refractivity contribution in [3.05, 3.63) is 74.0 Å². The molecule has 1 fully saturated rings. The second kappa shape index (κ2) is 5.81. The Morgan fingerprint density at radius 3 is 2.80 bits per heavy atom. The summed E-state index contributed by atoms with van der Waals surface area (Å²) in [5.74, 6) is 0.828. The minimum Gasteiger partial charge on any atom is -0.329 e. The topological polar surface area (TPSA) is 17.8 Å². The van der Waals surface area contributed by atoms with Crippen LogP contribution in [0.15, 0.2) is 42.7 Å². The van der Waals surface area contributed by atoms with Gasteiger partial charge in [0.2, 0.25) is 0 Å². The molecule has 0 spiro atoms. The maximum Gasteiger partial charge on any atom is 0.136 e. The molecule has 6 rings (SSSR count). The number of hydrogen-bond acceptors (Lipinski definition) is 1. The number of hydrogen-bond donors (Lipinski definition) is 0. The number of nitrogens with zero attached hydrogens (tertiary/aromatic N) is 2. The molecule has 1 aromatic heterocycles. The quantitative estimate of drug-likeness (QED) is 0.427. The van der Waals surface area contributed by atoms with E-state index < -0.39 is 0 Å². The first-order valence-electron chi connectivity index (χ1n) is 8.39. The van der Waals surface area contributed by atoms with Crippen LogP contribution in [0.1, 0.15) is 41.5 Å². The Hall–Kier alpha value is -1.40. The van der Waals surface area contributed by atoms with Crippen LogP contribution in [0.3, 0.4) is 0 Å². The summed E-state index contributed by atoms with van der Waals surface area (Å²) in [6.07, 6.45) is 4.06. The lowest BCUT2D eigenvalue weighted by Crippen LogP contribution is -2.21. The normalized spacial score (nSPS) is 20.4. The fourth-order valence-electron chi connectivity index (χ4n) is 4.16. The fourth-order valence-corrected chi connectivity index (χ4v) is 4.83. The predicted molar refractivity (Wildman–Crippen MR) is 106 cm³/mol. The number of benzene rings is 2. The summed E-state index contributed by atoms with van der Waals surface area (Å²) in [5, 5.41) is 0.780. The van der Waals surface area contributed by atoms with Gasteiger partial charge in [0, 0.05) is 25.8 Å². The summed E-state index contributed by atoms with van der Waals surface area (Å²) >= 11 is 8.41. The van der Waals surface area contributed by atoms with Crippen LogP contribution in [-0.2, 0) is 6.54 Å². The van der Waals surface area contributed by atoms with Crippen LogP contribution in [0.2, 0.25) is 5.02 Å². The summed E-state index contributed by atoms with van der Waals surface area (Å²) in [6, 6.07) is 11.6. The van der Waals surface area contributed by atoms with Crippen LogP contribution in [0, 0.1) is 9.39 Å². The largest absolute Gasteiger partial charge is 0.329 e. The lowest BCUT2D eigenvalue weighted by Gasteiger charge is -2.34. The maximum absolute atomic E-state index is 14.1. The van der Waals surface area contributed by atoms with E-state index >= 15 is 0 Å². The molecule has 0 amide bonds. The smallest absolute Gasteiger partial charge is 0.136 e. The van der Waals surface area contributed by atoms with Crippen molar-refractivity contribution in [2.24, 2.45) is 0 Å². The van der Waals surface area contributed by atoms with E-state index in [1.807, 2.05) is 30.6 Å². The second-order valence-corrected chi connectivity index (χ2v) is 8.49. The first kappa shape index (κ1) is 15.8. The van der Waals surface area contributed by atoms with Crippen LogP contribution < -0.4 is 0 Å². The van der Waals surface area contributed by atoms with Gasteiger partial charge >= 0.3 is 0 Å². The Morgan fingerprint density at radius 1 is 1.20 bits per heavy atom. The minimum absolute atomic E-state index is 0.123. The monoisotopic (exact) mass is 464 g/mol. The maximum atomic E-state index is 14.1. The Morgan fingerprint density at radius 2 is 2.00 bits per heavy atom. The molecule has 5 heteroatoms. The van der Waals surface area contributed by atoms with E-state index in [0.717, 1.165) is 46.8 Å². The van der Waals surface area contributed by atoms with Gasteiger partial charge in [0.25, 0.3) is 0 Å². The van der Waals surface area contributed by atoms with Gasteiger partial charge in [0.1, 0.15) is 5.82 Å². The molecule has 2 aromatic carbocycles. The van der Waals surface area contributed by atoms with E-state index in [4.69, 9.17) is 16.6 Å². The van der Waals surface area contributed by atoms with Crippen molar-refractivity contribution in [1.29, 1.82) is 0 Å². The van der Waals surface area contributed by atoms with Crippen molar-refractivity contribution < 1.29 is 4.39 Å². The highest BCUT2D eigenvalue weighted by atomic mass is 127. The third-order valence-electron chi connectivity index (χ3n) is 5.49. The average molecular weight is 465 g/mol. The summed E-state index contributed by atoms with van der Waals surface area (Å²) in [6.45, 7) is 0.719.